The Balaban J connectivity index is 1.12. The summed E-state index contributed by atoms with van der Waals surface area (Å²) in [5, 5.41) is 9.53. The zero-order chi connectivity index (χ0) is 35.1. The molecule has 268 valence electrons. The molecular weight excluding hydrogens is 652 g/mol. The third-order valence-electron chi connectivity index (χ3n) is 12.0. The maximum Gasteiger partial charge on any atom is 0.319 e. The third-order valence-corrected chi connectivity index (χ3v) is 12.0. The molecule has 5 fully saturated rings. The van der Waals surface area contributed by atoms with Gasteiger partial charge in [0.05, 0.1) is 24.9 Å². The lowest BCUT2D eigenvalue weighted by Crippen LogP contribution is -2.61. The SMILES string of the molecule is C=CC(=O)N1CC2(CCN(c3nc(O[C@H]4C[C@H](N5CCC(F)(F)C5)C4)nc4c(OCC)c(-c5c(C)ccc6[nH]ncc56)c(C5CC5)cc34)CC2)C1. The summed E-state index contributed by atoms with van der Waals surface area (Å²) in [5.41, 5.74) is 6.35. The number of likely N-dealkylation sites (tertiary alicyclic amines) is 2. The summed E-state index contributed by atoms with van der Waals surface area (Å²) in [7, 11) is 0. The molecule has 12 heteroatoms. The lowest BCUT2D eigenvalue weighted by atomic mass is 9.72. The number of aryl methyl sites for hydroxylation is 1. The van der Waals surface area contributed by atoms with Crippen LogP contribution in [0.3, 0.4) is 0 Å². The van der Waals surface area contributed by atoms with E-state index in [9.17, 15) is 13.6 Å². The number of ether oxygens (including phenoxy) is 2. The van der Waals surface area contributed by atoms with Crippen molar-refractivity contribution in [2.45, 2.75) is 82.8 Å². The van der Waals surface area contributed by atoms with Crippen molar-refractivity contribution in [3.8, 4) is 22.9 Å². The van der Waals surface area contributed by atoms with Crippen LogP contribution >= 0.6 is 0 Å². The third kappa shape index (κ3) is 5.70. The summed E-state index contributed by atoms with van der Waals surface area (Å²) in [6, 6.07) is 6.88. The van der Waals surface area contributed by atoms with Crippen LogP contribution in [0.1, 0.15) is 68.9 Å². The van der Waals surface area contributed by atoms with E-state index in [1.807, 2.05) is 22.9 Å². The molecule has 2 aromatic heterocycles. The second-order valence-electron chi connectivity index (χ2n) is 15.5. The number of aromatic nitrogens is 4. The largest absolute Gasteiger partial charge is 0.491 e. The van der Waals surface area contributed by atoms with Crippen LogP contribution in [0.15, 0.2) is 37.1 Å². The summed E-state index contributed by atoms with van der Waals surface area (Å²) < 4.78 is 41.1. The number of fused-ring (bicyclic) bond motifs is 2. The average molecular weight is 698 g/mol. The number of H-pyrrole nitrogens is 1. The lowest BCUT2D eigenvalue weighted by Gasteiger charge is -2.54. The molecule has 2 aromatic carbocycles. The van der Waals surface area contributed by atoms with E-state index in [-0.39, 0.29) is 36.4 Å². The van der Waals surface area contributed by atoms with Crippen LogP contribution in [0.4, 0.5) is 14.6 Å². The second-order valence-corrected chi connectivity index (χ2v) is 15.5. The number of benzene rings is 2. The summed E-state index contributed by atoms with van der Waals surface area (Å²) in [5.74, 6) is -0.631. The molecule has 2 aliphatic carbocycles. The van der Waals surface area contributed by atoms with E-state index in [4.69, 9.17) is 19.4 Å². The van der Waals surface area contributed by atoms with Gasteiger partial charge < -0.3 is 19.3 Å². The number of amides is 1. The Bertz CT molecular complexity index is 2020. The van der Waals surface area contributed by atoms with Crippen LogP contribution in [0.2, 0.25) is 0 Å². The van der Waals surface area contributed by atoms with E-state index in [0.717, 1.165) is 102 Å². The lowest BCUT2D eigenvalue weighted by molar-refractivity contribution is -0.139. The monoisotopic (exact) mass is 697 g/mol. The highest BCUT2D eigenvalue weighted by molar-refractivity contribution is 6.06. The molecule has 51 heavy (non-hydrogen) atoms. The predicted octanol–water partition coefficient (Wildman–Crippen LogP) is 6.62. The van der Waals surface area contributed by atoms with Crippen molar-refractivity contribution in [1.82, 2.24) is 30.0 Å². The highest BCUT2D eigenvalue weighted by Gasteiger charge is 2.47. The number of hydrogen-bond donors (Lipinski definition) is 1. The Morgan fingerprint density at radius 2 is 1.84 bits per heavy atom. The van der Waals surface area contributed by atoms with Crippen molar-refractivity contribution >= 4 is 33.5 Å². The molecule has 5 heterocycles. The Morgan fingerprint density at radius 1 is 1.06 bits per heavy atom. The topological polar surface area (TPSA) is 99.7 Å². The maximum atomic E-state index is 14.0. The first kappa shape index (κ1) is 32.6. The molecule has 3 saturated heterocycles. The molecule has 1 spiro atoms. The zero-order valence-corrected chi connectivity index (χ0v) is 29.4. The highest BCUT2D eigenvalue weighted by Crippen LogP contribution is 2.53. The molecule has 4 aromatic rings. The van der Waals surface area contributed by atoms with Crippen molar-refractivity contribution in [1.29, 1.82) is 0 Å². The molecule has 9 rings (SSSR count). The Morgan fingerprint density at radius 3 is 2.53 bits per heavy atom. The maximum absolute atomic E-state index is 14.0. The number of anilines is 1. The number of rotatable bonds is 9. The van der Waals surface area contributed by atoms with Gasteiger partial charge in [-0.2, -0.15) is 15.1 Å². The molecule has 3 aliphatic heterocycles. The number of halogens is 2. The molecule has 1 amide bonds. The molecular formula is C39H45F2N7O3. The van der Waals surface area contributed by atoms with Crippen molar-refractivity contribution in [3.63, 3.8) is 0 Å². The van der Waals surface area contributed by atoms with Gasteiger partial charge in [-0.05, 0) is 80.3 Å². The highest BCUT2D eigenvalue weighted by atomic mass is 19.3. The minimum absolute atomic E-state index is 0.00321. The van der Waals surface area contributed by atoms with Crippen LogP contribution in [-0.4, -0.2) is 99.8 Å². The molecule has 5 aliphatic rings. The number of hydrogen-bond acceptors (Lipinski definition) is 8. The van der Waals surface area contributed by atoms with Crippen LogP contribution in [0, 0.1) is 12.3 Å². The van der Waals surface area contributed by atoms with Crippen molar-refractivity contribution in [3.05, 3.63) is 48.2 Å². The fourth-order valence-corrected chi connectivity index (χ4v) is 8.94. The minimum atomic E-state index is -2.61. The standard InChI is InChI=1S/C39H45F2N7O3/c1-4-31(49)48-20-38(21-48)10-13-46(14-11-38)36-28-18-27(24-7-8-24)33(32-23(3)6-9-30-29(32)19-42-45-30)35(50-5-2)34(28)43-37(44-36)51-26-16-25(17-26)47-15-12-39(40,41)22-47/h4,6,9,18-19,24-26H,1,5,7-8,10-17,20-22H2,2-3H3,(H,42,45)/t25-,26-. The Hall–Kier alpha value is -4.32. The van der Waals surface area contributed by atoms with Gasteiger partial charge in [-0.15, -0.1) is 0 Å². The summed E-state index contributed by atoms with van der Waals surface area (Å²) in [6.07, 6.45) is 8.54. The molecule has 1 N–H and O–H groups in total. The van der Waals surface area contributed by atoms with E-state index in [0.29, 0.717) is 37.9 Å². The first-order valence-corrected chi connectivity index (χ1v) is 18.5. The number of piperidine rings is 1. The summed E-state index contributed by atoms with van der Waals surface area (Å²) in [4.78, 5) is 28.6. The van der Waals surface area contributed by atoms with Crippen molar-refractivity contribution in [2.24, 2.45) is 5.41 Å². The fourth-order valence-electron chi connectivity index (χ4n) is 8.94. The number of nitrogens with one attached hydrogen (secondary N) is 1. The zero-order valence-electron chi connectivity index (χ0n) is 29.4. The predicted molar refractivity (Wildman–Crippen MR) is 192 cm³/mol. The average Bonchev–Trinajstić information content (AvgIpc) is 3.72. The second kappa shape index (κ2) is 12.1. The van der Waals surface area contributed by atoms with E-state index in [1.165, 1.54) is 11.6 Å². The number of aromatic amines is 1. The first-order chi connectivity index (χ1) is 24.6. The van der Waals surface area contributed by atoms with Crippen LogP contribution in [0.25, 0.3) is 32.9 Å². The van der Waals surface area contributed by atoms with Gasteiger partial charge in [0.25, 0.3) is 5.92 Å². The van der Waals surface area contributed by atoms with Crippen LogP contribution in [0.5, 0.6) is 11.8 Å². The van der Waals surface area contributed by atoms with Crippen molar-refractivity contribution < 1.29 is 23.0 Å². The summed E-state index contributed by atoms with van der Waals surface area (Å²) >= 11 is 0. The number of alkyl halides is 2. The van der Waals surface area contributed by atoms with Gasteiger partial charge in [0, 0.05) is 79.8 Å². The van der Waals surface area contributed by atoms with E-state index in [2.05, 4.69) is 46.8 Å². The van der Waals surface area contributed by atoms with Gasteiger partial charge in [-0.1, -0.05) is 12.6 Å². The van der Waals surface area contributed by atoms with Gasteiger partial charge in [-0.25, -0.2) is 8.78 Å². The molecule has 2 saturated carbocycles. The van der Waals surface area contributed by atoms with Crippen LogP contribution in [-0.2, 0) is 4.79 Å². The van der Waals surface area contributed by atoms with Gasteiger partial charge in [0.2, 0.25) is 5.91 Å². The van der Waals surface area contributed by atoms with Crippen molar-refractivity contribution in [2.75, 3.05) is 50.8 Å². The molecule has 0 atom stereocenters. The van der Waals surface area contributed by atoms with E-state index < -0.39 is 5.92 Å². The fraction of sp³-hybridized carbons (Fsp3) is 0.538. The van der Waals surface area contributed by atoms with E-state index >= 15 is 0 Å². The minimum Gasteiger partial charge on any atom is -0.491 e. The Kier molecular flexibility index (Phi) is 7.75. The number of carbonyl (C=O) groups excluding carboxylic acids is 1. The first-order valence-electron chi connectivity index (χ1n) is 18.5. The molecule has 0 bridgehead atoms. The summed E-state index contributed by atoms with van der Waals surface area (Å²) in [6.45, 7) is 11.6. The quantitative estimate of drug-likeness (QED) is 0.195. The van der Waals surface area contributed by atoms with E-state index in [1.54, 1.807) is 0 Å². The van der Waals surface area contributed by atoms with Gasteiger partial charge in [-0.3, -0.25) is 14.8 Å². The normalized spacial score (nSPS) is 24.2. The van der Waals surface area contributed by atoms with Gasteiger partial charge in [0.15, 0.2) is 5.75 Å². The van der Waals surface area contributed by atoms with Crippen LogP contribution < -0.4 is 14.4 Å². The molecule has 0 unspecified atom stereocenters. The Labute approximate surface area is 296 Å². The molecule has 0 radical (unpaired) electrons. The smallest absolute Gasteiger partial charge is 0.319 e. The van der Waals surface area contributed by atoms with Gasteiger partial charge >= 0.3 is 6.01 Å². The van der Waals surface area contributed by atoms with Gasteiger partial charge in [0.1, 0.15) is 17.4 Å². The number of carbonyl (C=O) groups is 1. The number of nitrogens with zero attached hydrogens (tertiary/aromatic N) is 6. The molecule has 10 nitrogen and oxygen atoms in total.